The fourth-order valence-corrected chi connectivity index (χ4v) is 12.7. The van der Waals surface area contributed by atoms with Crippen molar-refractivity contribution >= 4 is 65.2 Å². The first-order chi connectivity index (χ1) is 46.7. The lowest BCUT2D eigenvalue weighted by Crippen LogP contribution is -2.63. The summed E-state index contributed by atoms with van der Waals surface area (Å²) in [5.41, 5.74) is 5.14. The Labute approximate surface area is 597 Å². The van der Waals surface area contributed by atoms with Crippen LogP contribution in [0.3, 0.4) is 0 Å². The third-order valence-electron chi connectivity index (χ3n) is 19.1. The number of ether oxygens (including phenoxy) is 4. The van der Waals surface area contributed by atoms with Crippen LogP contribution in [0.15, 0.2) is 0 Å². The van der Waals surface area contributed by atoms with E-state index < -0.39 is 162 Å². The Hall–Kier alpha value is -6.27. The summed E-state index contributed by atoms with van der Waals surface area (Å²) >= 11 is 0. The molecule has 29 nitrogen and oxygen atoms in total. The van der Waals surface area contributed by atoms with Crippen molar-refractivity contribution in [1.82, 2.24) is 60.9 Å². The van der Waals surface area contributed by atoms with E-state index in [1.54, 1.807) is 67.5 Å². The number of nitrogens with one attached hydrogen (secondary N) is 5. The molecule has 0 unspecified atom stereocenters. The first kappa shape index (κ1) is 89.8. The molecule has 0 aromatic heterocycles. The van der Waals surface area contributed by atoms with Crippen LogP contribution in [0.5, 0.6) is 0 Å². The molecule has 8 N–H and O–H groups in total. The van der Waals surface area contributed by atoms with Gasteiger partial charge in [-0.25, -0.2) is 4.79 Å². The van der Waals surface area contributed by atoms with E-state index in [1.807, 2.05) is 41.5 Å². The summed E-state index contributed by atoms with van der Waals surface area (Å²) in [6.07, 6.45) is 0.788. The zero-order chi connectivity index (χ0) is 76.2. The van der Waals surface area contributed by atoms with Crippen LogP contribution < -0.4 is 32.3 Å². The van der Waals surface area contributed by atoms with Crippen molar-refractivity contribution in [3.63, 3.8) is 0 Å². The fraction of sp³-hybridized carbons (Fsp3) is 0.845. The third kappa shape index (κ3) is 28.5. The summed E-state index contributed by atoms with van der Waals surface area (Å²) in [5, 5.41) is 26.2. The lowest BCUT2D eigenvalue weighted by atomic mass is 9.91. The molecule has 11 amide bonds. The molecule has 29 heteroatoms. The number of aliphatic hydroxyl groups is 1. The second-order valence-corrected chi connectivity index (χ2v) is 29.8. The van der Waals surface area contributed by atoms with Crippen LogP contribution in [0.1, 0.15) is 175 Å². The number of aliphatic hydroxyl groups excluding tert-OH is 1. The Morgan fingerprint density at radius 2 is 1.09 bits per heavy atom. The van der Waals surface area contributed by atoms with Gasteiger partial charge in [-0.3, -0.25) is 57.7 Å². The summed E-state index contributed by atoms with van der Waals surface area (Å²) in [7, 11) is 9.04. The smallest absolute Gasteiger partial charge is 0.404 e. The van der Waals surface area contributed by atoms with Crippen LogP contribution in [0.25, 0.3) is 0 Å². The lowest BCUT2D eigenvalue weighted by molar-refractivity contribution is -0.153. The predicted octanol–water partition coefficient (Wildman–Crippen LogP) is 2.92. The lowest BCUT2D eigenvalue weighted by Gasteiger charge is -2.38. The fourth-order valence-electron chi connectivity index (χ4n) is 12.7. The minimum Gasteiger partial charge on any atom is -0.450 e. The molecule has 0 spiro atoms. The van der Waals surface area contributed by atoms with E-state index in [2.05, 4.69) is 31.5 Å². The van der Waals surface area contributed by atoms with Gasteiger partial charge in [-0.1, -0.05) is 95.9 Å². The molecule has 0 aliphatic carbocycles. The first-order valence-corrected chi connectivity index (χ1v) is 36.4. The molecule has 0 aromatic carbocycles. The van der Waals surface area contributed by atoms with E-state index in [9.17, 15) is 53.1 Å². The number of hydrogen-bond donors (Lipinski definition) is 7. The van der Waals surface area contributed by atoms with Crippen molar-refractivity contribution in [2.24, 2.45) is 41.2 Å². The number of rotatable bonds is 24. The Morgan fingerprint density at radius 3 is 1.65 bits per heavy atom. The Kier molecular flexibility index (Phi) is 39.8. The number of nitrogens with two attached hydrogens (primary N) is 1. The summed E-state index contributed by atoms with van der Waals surface area (Å²) in [4.78, 5) is 169. The van der Waals surface area contributed by atoms with Gasteiger partial charge in [0.15, 0.2) is 0 Å². The number of amides is 11. The zero-order valence-corrected chi connectivity index (χ0v) is 64.7. The summed E-state index contributed by atoms with van der Waals surface area (Å²) < 4.78 is 23.1. The van der Waals surface area contributed by atoms with Crippen LogP contribution in [0, 0.1) is 35.5 Å². The van der Waals surface area contributed by atoms with Crippen molar-refractivity contribution < 1.29 is 76.8 Å². The van der Waals surface area contributed by atoms with E-state index in [1.165, 1.54) is 63.7 Å². The van der Waals surface area contributed by atoms with Crippen LogP contribution >= 0.6 is 0 Å². The van der Waals surface area contributed by atoms with Crippen molar-refractivity contribution in [2.45, 2.75) is 254 Å². The highest BCUT2D eigenvalue weighted by molar-refractivity contribution is 5.99. The van der Waals surface area contributed by atoms with Crippen molar-refractivity contribution in [3.8, 4) is 0 Å². The molecule has 0 aromatic rings. The Balaban J connectivity index is 2.91. The van der Waals surface area contributed by atoms with E-state index in [0.717, 1.165) is 35.9 Å². The minimum atomic E-state index is -1.69. The third-order valence-corrected chi connectivity index (χ3v) is 19.1. The van der Waals surface area contributed by atoms with E-state index in [4.69, 9.17) is 24.7 Å². The Morgan fingerprint density at radius 1 is 0.540 bits per heavy atom. The highest BCUT2D eigenvalue weighted by atomic mass is 16.5. The number of morpholine rings is 1. The molecule has 2 rings (SSSR count). The minimum absolute atomic E-state index is 0.0212. The van der Waals surface area contributed by atoms with Gasteiger partial charge in [0.1, 0.15) is 54.4 Å². The van der Waals surface area contributed by atoms with Crippen molar-refractivity contribution in [3.05, 3.63) is 0 Å². The molecule has 2 saturated heterocycles. The normalized spacial score (nSPS) is 26.9. The molecule has 0 saturated carbocycles. The van der Waals surface area contributed by atoms with E-state index in [-0.39, 0.29) is 57.1 Å². The number of hydrogen-bond acceptors (Lipinski definition) is 18. The number of unbranched alkanes of at least 4 members (excludes halogenated alkanes) is 3. The second-order valence-electron chi connectivity index (χ2n) is 29.8. The van der Waals surface area contributed by atoms with E-state index in [0.29, 0.717) is 58.2 Å². The molecule has 100 heavy (non-hydrogen) atoms. The van der Waals surface area contributed by atoms with Crippen LogP contribution in [0.4, 0.5) is 4.79 Å². The van der Waals surface area contributed by atoms with Gasteiger partial charge >= 0.3 is 6.09 Å². The topological polar surface area (TPSA) is 354 Å². The van der Waals surface area contributed by atoms with Gasteiger partial charge in [0.2, 0.25) is 59.1 Å². The van der Waals surface area contributed by atoms with Crippen LogP contribution in [-0.2, 0) is 66.9 Å². The maximum Gasteiger partial charge on any atom is 0.404 e. The highest BCUT2D eigenvalue weighted by Crippen LogP contribution is 2.24. The zero-order valence-electron chi connectivity index (χ0n) is 64.7. The van der Waals surface area contributed by atoms with Gasteiger partial charge in [0.05, 0.1) is 57.4 Å². The summed E-state index contributed by atoms with van der Waals surface area (Å²) in [5.74, 6) is -8.59. The average Bonchev–Trinajstić information content (AvgIpc) is 0.818. The molecule has 0 bridgehead atoms. The molecule has 2 heterocycles. The molecular weight excluding hydrogens is 1290 g/mol. The monoisotopic (exact) mass is 1420 g/mol. The Bertz CT molecular complexity index is 2610. The standard InChI is InChI=1S/C71H131N13O16/c1-23-53-68(93)79(18)50(15)67(92)83(22)59(51(16)99-33-28-26-30-84-31-35-97-36-32-84)65(90)76-56(45(8)9)70(95)81(20)54(38-43(4)5)62(87)73-48(13)61(86)74-49(14)66(91)80(19)52(37-42(2)3)40-98-41-78(17)55(39-44(6)7)69(94)82(21)58(46(10)11)64(89)77-57(63(88)75-53)60(85)47(12)29-25-24-27-34-100-71(72)96/h42-60,85H,23-41H2,1-22H3,(H2,72,96)(H,73,87)(H,74,86)(H,75,88)(H,76,90)(H,77,89)/t47-,48+,49-,50-,51-,52+,53+,54+,55+,56+,57+,58+,59+,60-/m1/s1. The maximum absolute atomic E-state index is 15.1. The summed E-state index contributed by atoms with van der Waals surface area (Å²) in [6, 6.07) is -13.0. The molecular formula is C71H131N13O16. The molecule has 2 aliphatic heterocycles. The van der Waals surface area contributed by atoms with Crippen molar-refractivity contribution in [2.75, 3.05) is 102 Å². The number of primary amides is 1. The number of nitrogens with zero attached hydrogens (tertiary/aromatic N) is 7. The molecule has 14 atom stereocenters. The van der Waals surface area contributed by atoms with Gasteiger partial charge in [-0.15, -0.1) is 0 Å². The SMILES string of the molecule is CC[C@@H]1NC(=O)[C@H]([C@H](O)[C@H](C)CCCCCOC(N)=O)NC(=O)[C@H](C(C)C)N(C)C(=O)[C@H](CC(C)C)N(C)COC[C@H](CC(C)C)N(C)C(=O)[C@@H](C)NC(=O)[C@H](C)NC(=O)[C@H](CC(C)C)N(C)C(=O)[C@H](C(C)C)NC(=O)[C@H]([C@@H](C)OCCCCN2CCOCC2)N(C)C(=O)[C@@H](C)N(C)C1=O. The number of carbonyl (C=O) groups excluding carboxylic acids is 11. The van der Waals surface area contributed by atoms with Gasteiger partial charge in [-0.2, -0.15) is 0 Å². The highest BCUT2D eigenvalue weighted by Gasteiger charge is 2.44. The van der Waals surface area contributed by atoms with Crippen LogP contribution in [-0.4, -0.2) is 285 Å². The van der Waals surface area contributed by atoms with Gasteiger partial charge in [0.25, 0.3) is 0 Å². The summed E-state index contributed by atoms with van der Waals surface area (Å²) in [6.45, 7) is 31.9. The quantitative estimate of drug-likeness (QED) is 0.0683. The number of carbonyl (C=O) groups is 11. The maximum atomic E-state index is 15.1. The molecule has 2 aliphatic rings. The molecule has 2 fully saturated rings. The first-order valence-electron chi connectivity index (χ1n) is 36.4. The van der Waals surface area contributed by atoms with E-state index >= 15 is 4.79 Å². The van der Waals surface area contributed by atoms with Gasteiger partial charge in [0, 0.05) is 54.9 Å². The predicted molar refractivity (Wildman–Crippen MR) is 381 cm³/mol. The molecule has 576 valence electrons. The molecule has 0 radical (unpaired) electrons. The number of likely N-dealkylation sites (N-methyl/N-ethyl adjacent to an activating group) is 6. The van der Waals surface area contributed by atoms with Gasteiger partial charge < -0.3 is 80.9 Å². The van der Waals surface area contributed by atoms with Crippen LogP contribution in [0.2, 0.25) is 0 Å². The largest absolute Gasteiger partial charge is 0.450 e. The average molecular weight is 1420 g/mol. The van der Waals surface area contributed by atoms with Crippen molar-refractivity contribution in [1.29, 1.82) is 0 Å². The van der Waals surface area contributed by atoms with Gasteiger partial charge in [-0.05, 0) is 128 Å². The second kappa shape index (κ2) is 44.3.